The fourth-order valence-electron chi connectivity index (χ4n) is 1.89. The Morgan fingerprint density at radius 2 is 2.15 bits per heavy atom. The highest BCUT2D eigenvalue weighted by molar-refractivity contribution is 9.10. The van der Waals surface area contributed by atoms with Gasteiger partial charge in [-0.2, -0.15) is 5.10 Å². The van der Waals surface area contributed by atoms with Crippen LogP contribution in [-0.2, 0) is 4.79 Å². The summed E-state index contributed by atoms with van der Waals surface area (Å²) in [5.41, 5.74) is 3.14. The second-order valence-electron chi connectivity index (χ2n) is 4.24. The van der Waals surface area contributed by atoms with Gasteiger partial charge in [0.1, 0.15) is 0 Å². The highest BCUT2D eigenvalue weighted by Gasteiger charge is 2.14. The standard InChI is InChI=1S/C14H12BrClN2O2/c1-8-14(15)9(2)18(17-8)12-5-3-4-11(16)10(12)6-7-13(19)20/h3-7H,1-2H3,(H,19,20). The van der Waals surface area contributed by atoms with E-state index in [1.807, 2.05) is 19.9 Å². The third kappa shape index (κ3) is 2.78. The van der Waals surface area contributed by atoms with Crippen LogP contribution in [0.3, 0.4) is 0 Å². The molecule has 0 saturated heterocycles. The van der Waals surface area contributed by atoms with Gasteiger partial charge in [0.2, 0.25) is 0 Å². The maximum Gasteiger partial charge on any atom is 0.328 e. The molecule has 1 heterocycles. The van der Waals surface area contributed by atoms with E-state index in [0.717, 1.165) is 27.6 Å². The predicted molar refractivity (Wildman–Crippen MR) is 82.4 cm³/mol. The Morgan fingerprint density at radius 3 is 2.70 bits per heavy atom. The molecule has 0 aliphatic carbocycles. The van der Waals surface area contributed by atoms with Crippen molar-refractivity contribution >= 4 is 39.6 Å². The highest BCUT2D eigenvalue weighted by Crippen LogP contribution is 2.28. The molecule has 0 fully saturated rings. The lowest BCUT2D eigenvalue weighted by Gasteiger charge is -2.10. The van der Waals surface area contributed by atoms with Crippen LogP contribution in [0.25, 0.3) is 11.8 Å². The molecule has 0 amide bonds. The summed E-state index contributed by atoms with van der Waals surface area (Å²) in [7, 11) is 0. The summed E-state index contributed by atoms with van der Waals surface area (Å²) in [6, 6.07) is 5.37. The van der Waals surface area contributed by atoms with Crippen LogP contribution in [0, 0.1) is 13.8 Å². The van der Waals surface area contributed by atoms with E-state index in [0.29, 0.717) is 10.6 Å². The highest BCUT2D eigenvalue weighted by atomic mass is 79.9. The van der Waals surface area contributed by atoms with Gasteiger partial charge in [0.25, 0.3) is 0 Å². The number of carboxylic acid groups (broad SMARTS) is 1. The first kappa shape index (κ1) is 14.8. The van der Waals surface area contributed by atoms with Gasteiger partial charge in [0, 0.05) is 16.7 Å². The fourth-order valence-corrected chi connectivity index (χ4v) is 2.37. The third-order valence-electron chi connectivity index (χ3n) is 2.85. The molecule has 20 heavy (non-hydrogen) atoms. The van der Waals surface area contributed by atoms with Crippen LogP contribution in [-0.4, -0.2) is 20.9 Å². The molecule has 0 spiro atoms. The molecule has 0 radical (unpaired) electrons. The van der Waals surface area contributed by atoms with E-state index < -0.39 is 5.97 Å². The van der Waals surface area contributed by atoms with Crippen molar-refractivity contribution in [3.05, 3.63) is 50.7 Å². The number of hydrogen-bond acceptors (Lipinski definition) is 2. The summed E-state index contributed by atoms with van der Waals surface area (Å²) in [5.74, 6) is -1.02. The molecule has 2 rings (SSSR count). The summed E-state index contributed by atoms with van der Waals surface area (Å²) in [6.45, 7) is 3.82. The lowest BCUT2D eigenvalue weighted by molar-refractivity contribution is -0.131. The molecule has 0 unspecified atom stereocenters. The quantitative estimate of drug-likeness (QED) is 0.847. The van der Waals surface area contributed by atoms with Crippen LogP contribution < -0.4 is 0 Å². The molecule has 0 aliphatic heterocycles. The zero-order valence-corrected chi connectivity index (χ0v) is 13.2. The van der Waals surface area contributed by atoms with E-state index in [9.17, 15) is 4.79 Å². The number of aryl methyl sites for hydroxylation is 1. The topological polar surface area (TPSA) is 55.1 Å². The van der Waals surface area contributed by atoms with Gasteiger partial charge in [-0.15, -0.1) is 0 Å². The van der Waals surface area contributed by atoms with Crippen molar-refractivity contribution in [3.8, 4) is 5.69 Å². The number of benzene rings is 1. The number of hydrogen-bond donors (Lipinski definition) is 1. The molecule has 1 aromatic heterocycles. The zero-order chi connectivity index (χ0) is 14.9. The van der Waals surface area contributed by atoms with Crippen molar-refractivity contribution in [1.29, 1.82) is 0 Å². The summed E-state index contributed by atoms with van der Waals surface area (Å²) in [6.07, 6.45) is 2.54. The van der Waals surface area contributed by atoms with E-state index in [1.165, 1.54) is 6.08 Å². The van der Waals surface area contributed by atoms with Gasteiger partial charge in [-0.3, -0.25) is 0 Å². The lowest BCUT2D eigenvalue weighted by atomic mass is 10.1. The molecule has 0 bridgehead atoms. The number of carbonyl (C=O) groups is 1. The number of aromatic nitrogens is 2. The van der Waals surface area contributed by atoms with Crippen molar-refractivity contribution < 1.29 is 9.90 Å². The average molecular weight is 356 g/mol. The van der Waals surface area contributed by atoms with Crippen molar-refractivity contribution in [3.63, 3.8) is 0 Å². The monoisotopic (exact) mass is 354 g/mol. The van der Waals surface area contributed by atoms with E-state index in [2.05, 4.69) is 21.0 Å². The van der Waals surface area contributed by atoms with Gasteiger partial charge in [0.15, 0.2) is 0 Å². The Balaban J connectivity index is 2.65. The summed E-state index contributed by atoms with van der Waals surface area (Å²) in [4.78, 5) is 10.7. The molecule has 1 N–H and O–H groups in total. The average Bonchev–Trinajstić information content (AvgIpc) is 2.64. The number of halogens is 2. The van der Waals surface area contributed by atoms with Crippen LogP contribution in [0.1, 0.15) is 17.0 Å². The molecule has 0 aliphatic rings. The SMILES string of the molecule is Cc1nn(-c2cccc(Cl)c2C=CC(=O)O)c(C)c1Br. The molecule has 6 heteroatoms. The van der Waals surface area contributed by atoms with E-state index in [4.69, 9.17) is 16.7 Å². The molecule has 0 saturated carbocycles. The van der Waals surface area contributed by atoms with Crippen LogP contribution in [0.15, 0.2) is 28.7 Å². The summed E-state index contributed by atoms with van der Waals surface area (Å²) < 4.78 is 2.66. The lowest BCUT2D eigenvalue weighted by Crippen LogP contribution is -2.02. The van der Waals surface area contributed by atoms with Gasteiger partial charge in [0.05, 0.1) is 21.5 Å². The van der Waals surface area contributed by atoms with Gasteiger partial charge in [-0.05, 0) is 48.0 Å². The number of carboxylic acids is 1. The van der Waals surface area contributed by atoms with Crippen LogP contribution in [0.2, 0.25) is 5.02 Å². The molecule has 1 aromatic carbocycles. The Hall–Kier alpha value is -1.59. The molecule has 104 valence electrons. The molecular weight excluding hydrogens is 344 g/mol. The van der Waals surface area contributed by atoms with Crippen molar-refractivity contribution in [2.75, 3.05) is 0 Å². The molecule has 0 atom stereocenters. The van der Waals surface area contributed by atoms with Gasteiger partial charge < -0.3 is 5.11 Å². The second-order valence-corrected chi connectivity index (χ2v) is 5.44. The number of aliphatic carboxylic acids is 1. The van der Waals surface area contributed by atoms with Gasteiger partial charge >= 0.3 is 5.97 Å². The van der Waals surface area contributed by atoms with Crippen LogP contribution >= 0.6 is 27.5 Å². The summed E-state index contributed by atoms with van der Waals surface area (Å²) in [5, 5.41) is 13.7. The molecular formula is C14H12BrClN2O2. The Bertz CT molecular complexity index is 707. The van der Waals surface area contributed by atoms with Gasteiger partial charge in [-0.1, -0.05) is 17.7 Å². The normalized spacial score (nSPS) is 11.2. The number of nitrogens with zero attached hydrogens (tertiary/aromatic N) is 2. The first-order chi connectivity index (χ1) is 9.41. The summed E-state index contributed by atoms with van der Waals surface area (Å²) >= 11 is 9.64. The van der Waals surface area contributed by atoms with Crippen LogP contribution in [0.4, 0.5) is 0 Å². The largest absolute Gasteiger partial charge is 0.478 e. The Labute approximate surface area is 129 Å². The van der Waals surface area contributed by atoms with E-state index in [1.54, 1.807) is 16.8 Å². The minimum absolute atomic E-state index is 0.476. The number of rotatable bonds is 3. The Morgan fingerprint density at radius 1 is 1.45 bits per heavy atom. The van der Waals surface area contributed by atoms with E-state index in [-0.39, 0.29) is 0 Å². The van der Waals surface area contributed by atoms with Crippen molar-refractivity contribution in [2.45, 2.75) is 13.8 Å². The fraction of sp³-hybridized carbons (Fsp3) is 0.143. The first-order valence-corrected chi connectivity index (χ1v) is 7.00. The minimum Gasteiger partial charge on any atom is -0.478 e. The van der Waals surface area contributed by atoms with Gasteiger partial charge in [-0.25, -0.2) is 9.48 Å². The van der Waals surface area contributed by atoms with Crippen LogP contribution in [0.5, 0.6) is 0 Å². The van der Waals surface area contributed by atoms with E-state index >= 15 is 0 Å². The van der Waals surface area contributed by atoms with Crippen molar-refractivity contribution in [1.82, 2.24) is 9.78 Å². The smallest absolute Gasteiger partial charge is 0.328 e. The third-order valence-corrected chi connectivity index (χ3v) is 4.33. The minimum atomic E-state index is -1.02. The predicted octanol–water partition coefficient (Wildman–Crippen LogP) is 4.00. The molecule has 4 nitrogen and oxygen atoms in total. The maximum atomic E-state index is 10.7. The zero-order valence-electron chi connectivity index (χ0n) is 10.9. The second kappa shape index (κ2) is 5.81. The first-order valence-electron chi connectivity index (χ1n) is 5.83. The van der Waals surface area contributed by atoms with Crippen molar-refractivity contribution in [2.24, 2.45) is 0 Å². The Kier molecular flexibility index (Phi) is 4.30. The maximum absolute atomic E-state index is 10.7. The molecule has 2 aromatic rings.